The van der Waals surface area contributed by atoms with Crippen molar-refractivity contribution in [3.8, 4) is 40.6 Å². The highest BCUT2D eigenvalue weighted by Crippen LogP contribution is 2.52. The molecule has 0 aromatic heterocycles. The van der Waals surface area contributed by atoms with Crippen LogP contribution in [0.2, 0.25) is 0 Å². The second kappa shape index (κ2) is 12.0. The highest BCUT2D eigenvalue weighted by molar-refractivity contribution is 5.68. The van der Waals surface area contributed by atoms with E-state index < -0.39 is 5.41 Å². The molecule has 0 N–H and O–H groups in total. The van der Waals surface area contributed by atoms with Gasteiger partial charge in [-0.2, -0.15) is 5.26 Å². The molecule has 8 nitrogen and oxygen atoms in total. The topological polar surface area (TPSA) is 82.4 Å². The number of nitrogens with zero attached hydrogens (tertiary/aromatic N) is 2. The van der Waals surface area contributed by atoms with Gasteiger partial charge in [0.1, 0.15) is 6.61 Å². The lowest BCUT2D eigenvalue weighted by Crippen LogP contribution is -2.43. The highest BCUT2D eigenvalue weighted by Gasteiger charge is 2.40. The van der Waals surface area contributed by atoms with Gasteiger partial charge in [0.25, 0.3) is 0 Å². The maximum absolute atomic E-state index is 10.1. The van der Waals surface area contributed by atoms with Crippen LogP contribution in [0.3, 0.4) is 0 Å². The summed E-state index contributed by atoms with van der Waals surface area (Å²) in [6.45, 7) is 8.05. The van der Waals surface area contributed by atoms with Crippen LogP contribution in [0.5, 0.6) is 34.5 Å². The van der Waals surface area contributed by atoms with E-state index in [1.54, 1.807) is 14.2 Å². The molecule has 3 atom stereocenters. The van der Waals surface area contributed by atoms with Crippen LogP contribution in [-0.2, 0) is 13.0 Å². The molecule has 0 fully saturated rings. The highest BCUT2D eigenvalue weighted by atomic mass is 16.6. The van der Waals surface area contributed by atoms with Gasteiger partial charge in [-0.3, -0.25) is 4.90 Å². The number of nitriles is 1. The largest absolute Gasteiger partial charge is 0.490 e. The Morgan fingerprint density at radius 3 is 2.24 bits per heavy atom. The minimum absolute atomic E-state index is 0.279. The molecule has 2 aromatic carbocycles. The summed E-state index contributed by atoms with van der Waals surface area (Å²) in [6.07, 6.45) is 3.00. The molecule has 3 unspecified atom stereocenters. The Hall–Kier alpha value is -3.31. The lowest BCUT2D eigenvalue weighted by molar-refractivity contribution is 0.0191. The summed E-state index contributed by atoms with van der Waals surface area (Å²) in [5.74, 6) is 4.04. The van der Waals surface area contributed by atoms with Gasteiger partial charge in [-0.1, -0.05) is 18.6 Å². The van der Waals surface area contributed by atoms with Crippen molar-refractivity contribution < 1.29 is 28.4 Å². The van der Waals surface area contributed by atoms with Crippen molar-refractivity contribution in [1.29, 1.82) is 5.26 Å². The van der Waals surface area contributed by atoms with E-state index in [0.29, 0.717) is 50.0 Å². The fourth-order valence-electron chi connectivity index (χ4n) is 5.52. The first-order valence-electron chi connectivity index (χ1n) is 13.5. The molecule has 0 saturated carbocycles. The standard InChI is InChI=1S/C30H40N2O6/c1-7-35-26-21-16-20(32(4)17-22(21)27(36-8-2)29(34-6)28(26)33-5)12-11-15-30(3,19-31)25-18-37-23-13-9-10-14-24(23)38-25/h9-10,13-14,20,25H,7-8,11-12,15-18H2,1-6H3. The fraction of sp³-hybridized carbons (Fsp3) is 0.567. The first-order valence-corrected chi connectivity index (χ1v) is 13.5. The van der Waals surface area contributed by atoms with Crippen LogP contribution < -0.4 is 28.4 Å². The third-order valence-electron chi connectivity index (χ3n) is 7.70. The number of rotatable bonds is 11. The number of fused-ring (bicyclic) bond motifs is 2. The molecule has 0 aliphatic carbocycles. The molecular weight excluding hydrogens is 484 g/mol. The van der Waals surface area contributed by atoms with Crippen LogP contribution in [0, 0.1) is 16.7 Å². The molecule has 2 aliphatic rings. The number of ether oxygens (including phenoxy) is 6. The van der Waals surface area contributed by atoms with Crippen LogP contribution in [0.4, 0.5) is 0 Å². The van der Waals surface area contributed by atoms with Crippen LogP contribution in [-0.4, -0.2) is 58.1 Å². The van der Waals surface area contributed by atoms with E-state index in [1.807, 2.05) is 45.0 Å². The van der Waals surface area contributed by atoms with E-state index in [9.17, 15) is 5.26 Å². The summed E-state index contributed by atoms with van der Waals surface area (Å²) in [6, 6.07) is 10.4. The quantitative estimate of drug-likeness (QED) is 0.387. The van der Waals surface area contributed by atoms with Crippen LogP contribution in [0.1, 0.15) is 51.2 Å². The van der Waals surface area contributed by atoms with Gasteiger partial charge in [0.05, 0.1) is 38.9 Å². The van der Waals surface area contributed by atoms with Crippen molar-refractivity contribution in [2.45, 2.75) is 65.1 Å². The second-order valence-electron chi connectivity index (χ2n) is 10.1. The van der Waals surface area contributed by atoms with Crippen molar-refractivity contribution in [3.63, 3.8) is 0 Å². The third kappa shape index (κ3) is 5.30. The van der Waals surface area contributed by atoms with Crippen molar-refractivity contribution in [2.24, 2.45) is 5.41 Å². The summed E-state index contributed by atoms with van der Waals surface area (Å²) in [5, 5.41) is 10.1. The number of hydrogen-bond donors (Lipinski definition) is 0. The third-order valence-corrected chi connectivity index (χ3v) is 7.70. The smallest absolute Gasteiger partial charge is 0.207 e. The first kappa shape index (κ1) is 27.7. The molecule has 0 bridgehead atoms. The van der Waals surface area contributed by atoms with E-state index in [0.717, 1.165) is 47.6 Å². The fourth-order valence-corrected chi connectivity index (χ4v) is 5.52. The minimum Gasteiger partial charge on any atom is -0.490 e. The Morgan fingerprint density at radius 1 is 1.00 bits per heavy atom. The Balaban J connectivity index is 1.52. The molecule has 4 rings (SSSR count). The van der Waals surface area contributed by atoms with E-state index >= 15 is 0 Å². The summed E-state index contributed by atoms with van der Waals surface area (Å²) >= 11 is 0. The average Bonchev–Trinajstić information content (AvgIpc) is 2.94. The Bertz CT molecular complexity index is 1160. The second-order valence-corrected chi connectivity index (χ2v) is 10.1. The summed E-state index contributed by atoms with van der Waals surface area (Å²) in [7, 11) is 5.40. The van der Waals surface area contributed by atoms with Gasteiger partial charge in [-0.05, 0) is 59.2 Å². The van der Waals surface area contributed by atoms with Gasteiger partial charge in [-0.15, -0.1) is 0 Å². The molecule has 0 amide bonds. The molecule has 0 radical (unpaired) electrons. The van der Waals surface area contributed by atoms with E-state index in [4.69, 9.17) is 28.4 Å². The van der Waals surface area contributed by atoms with Gasteiger partial charge in [0.2, 0.25) is 11.5 Å². The predicted octanol–water partition coefficient (Wildman–Crippen LogP) is 5.40. The van der Waals surface area contributed by atoms with Crippen molar-refractivity contribution in [1.82, 2.24) is 4.90 Å². The molecule has 2 heterocycles. The minimum atomic E-state index is -0.659. The van der Waals surface area contributed by atoms with Crippen LogP contribution in [0.15, 0.2) is 24.3 Å². The summed E-state index contributed by atoms with van der Waals surface area (Å²) in [4.78, 5) is 2.35. The SMILES string of the molecule is CCOc1c2c(c(OCC)c(OC)c1OC)CN(C)C(CCCC(C)(C#N)C1COc3ccccc3O1)C2. The van der Waals surface area contributed by atoms with E-state index in [1.165, 1.54) is 0 Å². The zero-order chi connectivity index (χ0) is 27.3. The average molecular weight is 525 g/mol. The predicted molar refractivity (Wildman–Crippen MR) is 145 cm³/mol. The van der Waals surface area contributed by atoms with Crippen LogP contribution in [0.25, 0.3) is 0 Å². The molecule has 206 valence electrons. The molecule has 0 spiro atoms. The van der Waals surface area contributed by atoms with Crippen molar-refractivity contribution in [2.75, 3.05) is 41.1 Å². The van der Waals surface area contributed by atoms with Crippen LogP contribution >= 0.6 is 0 Å². The maximum Gasteiger partial charge on any atom is 0.207 e. The number of likely N-dealkylation sites (N-methyl/N-ethyl adjacent to an activating group) is 1. The number of methoxy groups -OCH3 is 2. The monoisotopic (exact) mass is 524 g/mol. The van der Waals surface area contributed by atoms with Gasteiger partial charge in [0, 0.05) is 23.7 Å². The van der Waals surface area contributed by atoms with Gasteiger partial charge in [0.15, 0.2) is 29.1 Å². The van der Waals surface area contributed by atoms with Crippen molar-refractivity contribution in [3.05, 3.63) is 35.4 Å². The zero-order valence-corrected chi connectivity index (χ0v) is 23.5. The lowest BCUT2D eigenvalue weighted by atomic mass is 9.79. The van der Waals surface area contributed by atoms with Crippen molar-refractivity contribution >= 4 is 0 Å². The molecule has 8 heteroatoms. The molecule has 2 aliphatic heterocycles. The molecule has 2 aromatic rings. The normalized spacial score (nSPS) is 20.0. The Kier molecular flexibility index (Phi) is 8.78. The zero-order valence-electron chi connectivity index (χ0n) is 23.5. The van der Waals surface area contributed by atoms with E-state index in [-0.39, 0.29) is 12.1 Å². The number of benzene rings is 2. The molecular formula is C30H40N2O6. The summed E-state index contributed by atoms with van der Waals surface area (Å²) < 4.78 is 35.8. The lowest BCUT2D eigenvalue weighted by Gasteiger charge is -2.38. The maximum atomic E-state index is 10.1. The number of para-hydroxylation sites is 2. The van der Waals surface area contributed by atoms with Gasteiger partial charge < -0.3 is 28.4 Å². The first-order chi connectivity index (χ1) is 18.4. The Labute approximate surface area is 226 Å². The Morgan fingerprint density at radius 2 is 1.63 bits per heavy atom. The molecule has 38 heavy (non-hydrogen) atoms. The van der Waals surface area contributed by atoms with E-state index in [2.05, 4.69) is 18.0 Å². The van der Waals surface area contributed by atoms with Gasteiger partial charge >= 0.3 is 0 Å². The van der Waals surface area contributed by atoms with Gasteiger partial charge in [-0.25, -0.2) is 0 Å². The molecule has 0 saturated heterocycles. The number of hydrogen-bond acceptors (Lipinski definition) is 8. The summed E-state index contributed by atoms with van der Waals surface area (Å²) in [5.41, 5.74) is 1.54.